The molecule has 0 aliphatic heterocycles. The van der Waals surface area contributed by atoms with Crippen molar-refractivity contribution in [2.75, 3.05) is 0 Å². The standard InChI is InChI=1S/C14H13Br/c1-2-11-6-5-7-12(10-11)13-8-3-4-9-14(13)15/h3-10H,2H2,1H3. The largest absolute Gasteiger partial charge is 0.0616 e. The second-order valence-corrected chi connectivity index (χ2v) is 4.39. The summed E-state index contributed by atoms with van der Waals surface area (Å²) in [6.45, 7) is 2.18. The third kappa shape index (κ3) is 2.29. The number of aryl methyl sites for hydroxylation is 1. The smallest absolute Gasteiger partial charge is 0.0253 e. The Hall–Kier alpha value is -1.08. The van der Waals surface area contributed by atoms with Gasteiger partial charge in [-0.25, -0.2) is 0 Å². The fraction of sp³-hybridized carbons (Fsp3) is 0.143. The van der Waals surface area contributed by atoms with Crippen LogP contribution in [0.4, 0.5) is 0 Å². The zero-order chi connectivity index (χ0) is 10.7. The molecule has 76 valence electrons. The maximum atomic E-state index is 3.58. The molecule has 0 bridgehead atoms. The van der Waals surface area contributed by atoms with E-state index in [0.717, 1.165) is 10.9 Å². The molecule has 0 spiro atoms. The van der Waals surface area contributed by atoms with Gasteiger partial charge in [-0.05, 0) is 29.2 Å². The Bertz CT molecular complexity index is 460. The minimum Gasteiger partial charge on any atom is -0.0616 e. The predicted molar refractivity (Wildman–Crippen MR) is 69.0 cm³/mol. The topological polar surface area (TPSA) is 0 Å². The third-order valence-electron chi connectivity index (χ3n) is 2.52. The summed E-state index contributed by atoms with van der Waals surface area (Å²) < 4.78 is 1.15. The van der Waals surface area contributed by atoms with Gasteiger partial charge in [-0.2, -0.15) is 0 Å². The third-order valence-corrected chi connectivity index (χ3v) is 3.21. The first kappa shape index (κ1) is 10.4. The quantitative estimate of drug-likeness (QED) is 0.736. The van der Waals surface area contributed by atoms with Crippen molar-refractivity contribution in [3.8, 4) is 11.1 Å². The molecule has 0 saturated heterocycles. The van der Waals surface area contributed by atoms with Crippen LogP contribution in [0.2, 0.25) is 0 Å². The highest BCUT2D eigenvalue weighted by molar-refractivity contribution is 9.10. The molecule has 0 amide bonds. The zero-order valence-corrected chi connectivity index (χ0v) is 10.3. The summed E-state index contributed by atoms with van der Waals surface area (Å²) in [5.41, 5.74) is 3.91. The Morgan fingerprint density at radius 2 is 1.80 bits per heavy atom. The molecule has 0 aliphatic carbocycles. The summed E-state index contributed by atoms with van der Waals surface area (Å²) in [5.74, 6) is 0. The van der Waals surface area contributed by atoms with E-state index in [2.05, 4.69) is 65.3 Å². The van der Waals surface area contributed by atoms with E-state index in [0.29, 0.717) is 0 Å². The van der Waals surface area contributed by atoms with E-state index in [-0.39, 0.29) is 0 Å². The fourth-order valence-corrected chi connectivity index (χ4v) is 2.17. The monoisotopic (exact) mass is 260 g/mol. The number of rotatable bonds is 2. The molecule has 0 saturated carbocycles. The Balaban J connectivity index is 2.49. The molecule has 0 unspecified atom stereocenters. The van der Waals surface area contributed by atoms with Gasteiger partial charge in [0.1, 0.15) is 0 Å². The van der Waals surface area contributed by atoms with Crippen molar-refractivity contribution in [2.24, 2.45) is 0 Å². The Morgan fingerprint density at radius 3 is 2.53 bits per heavy atom. The van der Waals surface area contributed by atoms with Gasteiger partial charge < -0.3 is 0 Å². The molecule has 0 fully saturated rings. The normalized spacial score (nSPS) is 10.3. The maximum Gasteiger partial charge on any atom is 0.0253 e. The molecule has 2 rings (SSSR count). The van der Waals surface area contributed by atoms with Gasteiger partial charge in [0.05, 0.1) is 0 Å². The number of benzene rings is 2. The van der Waals surface area contributed by atoms with Crippen LogP contribution in [0.25, 0.3) is 11.1 Å². The second-order valence-electron chi connectivity index (χ2n) is 3.53. The highest BCUT2D eigenvalue weighted by Crippen LogP contribution is 2.28. The summed E-state index contributed by atoms with van der Waals surface area (Å²) in [7, 11) is 0. The summed E-state index contributed by atoms with van der Waals surface area (Å²) in [4.78, 5) is 0. The lowest BCUT2D eigenvalue weighted by Crippen LogP contribution is -1.83. The van der Waals surface area contributed by atoms with Crippen molar-refractivity contribution >= 4 is 15.9 Å². The van der Waals surface area contributed by atoms with Crippen molar-refractivity contribution in [1.82, 2.24) is 0 Å². The van der Waals surface area contributed by atoms with Crippen LogP contribution in [-0.2, 0) is 6.42 Å². The van der Waals surface area contributed by atoms with Crippen molar-refractivity contribution in [1.29, 1.82) is 0 Å². The SMILES string of the molecule is CCc1cccc(-c2ccccc2Br)c1. The highest BCUT2D eigenvalue weighted by Gasteiger charge is 2.01. The van der Waals surface area contributed by atoms with E-state index in [9.17, 15) is 0 Å². The molecule has 0 atom stereocenters. The first-order chi connectivity index (χ1) is 7.31. The molecule has 0 N–H and O–H groups in total. The van der Waals surface area contributed by atoms with Crippen molar-refractivity contribution in [3.63, 3.8) is 0 Å². The van der Waals surface area contributed by atoms with Gasteiger partial charge in [-0.15, -0.1) is 0 Å². The second kappa shape index (κ2) is 4.63. The van der Waals surface area contributed by atoms with E-state index in [4.69, 9.17) is 0 Å². The van der Waals surface area contributed by atoms with Gasteiger partial charge in [0.25, 0.3) is 0 Å². The molecular formula is C14H13Br. The molecule has 2 aromatic carbocycles. The summed E-state index contributed by atoms with van der Waals surface area (Å²) in [5, 5.41) is 0. The average Bonchev–Trinajstić information content (AvgIpc) is 2.30. The summed E-state index contributed by atoms with van der Waals surface area (Å²) in [6, 6.07) is 17.0. The molecule has 0 nitrogen and oxygen atoms in total. The van der Waals surface area contributed by atoms with Crippen LogP contribution in [-0.4, -0.2) is 0 Å². The van der Waals surface area contributed by atoms with Gasteiger partial charge in [0.15, 0.2) is 0 Å². The summed E-state index contributed by atoms with van der Waals surface area (Å²) >= 11 is 3.58. The average molecular weight is 261 g/mol. The van der Waals surface area contributed by atoms with Gasteiger partial charge in [0, 0.05) is 4.47 Å². The predicted octanol–water partition coefficient (Wildman–Crippen LogP) is 4.68. The van der Waals surface area contributed by atoms with Gasteiger partial charge in [-0.3, -0.25) is 0 Å². The Labute approximate surface area is 99.1 Å². The minimum absolute atomic E-state index is 1.08. The molecule has 0 aliphatic rings. The number of halogens is 1. The van der Waals surface area contributed by atoms with Crippen molar-refractivity contribution in [3.05, 3.63) is 58.6 Å². The van der Waals surface area contributed by atoms with E-state index in [1.165, 1.54) is 16.7 Å². The lowest BCUT2D eigenvalue weighted by Gasteiger charge is -2.05. The Morgan fingerprint density at radius 1 is 1.00 bits per heavy atom. The van der Waals surface area contributed by atoms with Crippen molar-refractivity contribution in [2.45, 2.75) is 13.3 Å². The van der Waals surface area contributed by atoms with E-state index < -0.39 is 0 Å². The first-order valence-electron chi connectivity index (χ1n) is 5.15. The number of hydrogen-bond donors (Lipinski definition) is 0. The van der Waals surface area contributed by atoms with E-state index in [1.54, 1.807) is 0 Å². The van der Waals surface area contributed by atoms with Crippen LogP contribution in [0, 0.1) is 0 Å². The van der Waals surface area contributed by atoms with Crippen LogP contribution >= 0.6 is 15.9 Å². The molecule has 2 aromatic rings. The van der Waals surface area contributed by atoms with Crippen LogP contribution in [0.15, 0.2) is 53.0 Å². The van der Waals surface area contributed by atoms with Crippen LogP contribution in [0.3, 0.4) is 0 Å². The molecular weight excluding hydrogens is 248 g/mol. The number of hydrogen-bond acceptors (Lipinski definition) is 0. The zero-order valence-electron chi connectivity index (χ0n) is 8.70. The van der Waals surface area contributed by atoms with Crippen LogP contribution in [0.1, 0.15) is 12.5 Å². The maximum absolute atomic E-state index is 3.58. The van der Waals surface area contributed by atoms with E-state index >= 15 is 0 Å². The molecule has 0 radical (unpaired) electrons. The lowest BCUT2D eigenvalue weighted by atomic mass is 10.0. The van der Waals surface area contributed by atoms with Crippen molar-refractivity contribution < 1.29 is 0 Å². The first-order valence-corrected chi connectivity index (χ1v) is 5.94. The highest BCUT2D eigenvalue weighted by atomic mass is 79.9. The molecule has 0 heterocycles. The minimum atomic E-state index is 1.08. The van der Waals surface area contributed by atoms with Gasteiger partial charge >= 0.3 is 0 Å². The fourth-order valence-electron chi connectivity index (χ4n) is 1.65. The summed E-state index contributed by atoms with van der Waals surface area (Å²) in [6.07, 6.45) is 1.08. The molecule has 0 aromatic heterocycles. The lowest BCUT2D eigenvalue weighted by molar-refractivity contribution is 1.14. The van der Waals surface area contributed by atoms with Crippen LogP contribution < -0.4 is 0 Å². The van der Waals surface area contributed by atoms with E-state index in [1.807, 2.05) is 6.07 Å². The molecule has 15 heavy (non-hydrogen) atoms. The molecule has 1 heteroatoms. The van der Waals surface area contributed by atoms with Crippen LogP contribution in [0.5, 0.6) is 0 Å². The Kier molecular flexibility index (Phi) is 3.22. The van der Waals surface area contributed by atoms with Gasteiger partial charge in [0.2, 0.25) is 0 Å². The van der Waals surface area contributed by atoms with Gasteiger partial charge in [-0.1, -0.05) is 65.3 Å².